The number of Topliss-reactive ketones (excluding diaryl/α,β-unsaturated/α-hetero) is 1. The second kappa shape index (κ2) is 14.3. The van der Waals surface area contributed by atoms with Gasteiger partial charge in [-0.15, -0.1) is 0 Å². The number of nitrogens with one attached hydrogen (secondary N) is 1. The summed E-state index contributed by atoms with van der Waals surface area (Å²) >= 11 is 0. The van der Waals surface area contributed by atoms with Crippen LogP contribution < -0.4 is 5.43 Å². The first-order valence-electron chi connectivity index (χ1n) is 19.5. The Morgan fingerprint density at radius 1 is 1.04 bits per heavy atom. The number of aldehydes is 1. The summed E-state index contributed by atoms with van der Waals surface area (Å²) in [6.07, 6.45) is 9.90. The summed E-state index contributed by atoms with van der Waals surface area (Å²) in [7, 11) is 0. The molecule has 0 aliphatic heterocycles. The molecule has 0 spiro atoms. The lowest BCUT2D eigenvalue weighted by molar-refractivity contribution is -0.191. The smallest absolute Gasteiger partial charge is 0.307 e. The average molecular weight is 700 g/mol. The van der Waals surface area contributed by atoms with Gasteiger partial charge in [-0.3, -0.25) is 9.59 Å². The van der Waals surface area contributed by atoms with Gasteiger partial charge in [0, 0.05) is 24.0 Å². The van der Waals surface area contributed by atoms with Gasteiger partial charge >= 0.3 is 12.0 Å². The highest BCUT2D eigenvalue weighted by Crippen LogP contribution is 2.71. The van der Waals surface area contributed by atoms with E-state index in [1.54, 1.807) is 13.8 Å². The average Bonchev–Trinajstić information content (AvgIpc) is 3.40. The number of ketones is 1. The Labute approximate surface area is 305 Å². The molecule has 8 heteroatoms. The first-order valence-corrected chi connectivity index (χ1v) is 19.5. The van der Waals surface area contributed by atoms with Crippen LogP contribution in [0, 0.1) is 57.2 Å². The minimum atomic E-state index is -0.703. The number of allylic oxidation sites excluding steroid dienone is 1. The van der Waals surface area contributed by atoms with Gasteiger partial charge in [-0.05, 0) is 114 Å². The summed E-state index contributed by atoms with van der Waals surface area (Å²) in [6.45, 7) is 19.9. The van der Waals surface area contributed by atoms with Crippen molar-refractivity contribution in [1.29, 1.82) is 0 Å². The van der Waals surface area contributed by atoms with Gasteiger partial charge in [0.1, 0.15) is 19.0 Å². The fourth-order valence-corrected chi connectivity index (χ4v) is 12.1. The van der Waals surface area contributed by atoms with E-state index in [0.29, 0.717) is 55.0 Å². The third-order valence-electron chi connectivity index (χ3n) is 14.4. The minimum absolute atomic E-state index is 0.0934. The van der Waals surface area contributed by atoms with Crippen molar-refractivity contribution in [2.75, 3.05) is 6.61 Å². The van der Waals surface area contributed by atoms with Gasteiger partial charge in [-0.1, -0.05) is 78.8 Å². The molecule has 6 rings (SSSR count). The molecule has 0 radical (unpaired) electrons. The molecule has 1 aromatic carbocycles. The second-order valence-electron chi connectivity index (χ2n) is 18.3. The minimum Gasteiger partial charge on any atom is -0.463 e. The van der Waals surface area contributed by atoms with Crippen molar-refractivity contribution < 1.29 is 23.9 Å². The fourth-order valence-electron chi connectivity index (χ4n) is 12.1. The third-order valence-corrected chi connectivity index (χ3v) is 14.4. The van der Waals surface area contributed by atoms with Crippen LogP contribution in [0.1, 0.15) is 118 Å². The number of ether oxygens (including phenoxy) is 2. The molecule has 1 N–H and O–H groups in total. The highest BCUT2D eigenvalue weighted by molar-refractivity contribution is 6.00. The SMILES string of the molecule is C=NNC(=NCc1ccccc1)OCC12CCC3C(CCC4C3(C)CCC3C(C)C(OC(=O)CC(C)(C)C=O)CCC34C)C1=C(C(C)C)C(=O)C2. The van der Waals surface area contributed by atoms with Gasteiger partial charge in [0.15, 0.2) is 5.78 Å². The summed E-state index contributed by atoms with van der Waals surface area (Å²) < 4.78 is 12.6. The number of hydrogen-bond acceptors (Lipinski definition) is 7. The standard InChI is InChI=1S/C43H61N3O5/c1-27(2)37-33(48)22-43(26-50-39(46-44-8)45-24-29-12-10-9-11-13-29)21-17-32-30(38(37)43)14-15-35-41(6)20-18-34(51-36(49)23-40(4,5)25-47)28(3)31(41)16-19-42(32,35)7/h9-13,25,27-28,30-32,34-35H,8,14-24,26H2,1-7H3,(H,45,46). The molecular weight excluding hydrogens is 638 g/mol. The van der Waals surface area contributed by atoms with Crippen molar-refractivity contribution in [2.24, 2.45) is 67.3 Å². The number of nitrogens with zero attached hydrogens (tertiary/aromatic N) is 2. The quantitative estimate of drug-likeness (QED) is 0.0863. The molecule has 5 aliphatic carbocycles. The zero-order chi connectivity index (χ0) is 36.8. The van der Waals surface area contributed by atoms with E-state index in [2.05, 4.69) is 51.9 Å². The van der Waals surface area contributed by atoms with E-state index in [0.717, 1.165) is 68.8 Å². The van der Waals surface area contributed by atoms with Crippen LogP contribution >= 0.6 is 0 Å². The third kappa shape index (κ3) is 6.85. The van der Waals surface area contributed by atoms with Crippen molar-refractivity contribution >= 4 is 30.8 Å². The molecule has 51 heavy (non-hydrogen) atoms. The highest BCUT2D eigenvalue weighted by Gasteiger charge is 2.65. The van der Waals surface area contributed by atoms with Gasteiger partial charge in [0.2, 0.25) is 0 Å². The zero-order valence-electron chi connectivity index (χ0n) is 32.1. The number of carbonyl (C=O) groups is 3. The number of aliphatic imine (C=N–C) groups is 1. The molecule has 4 fully saturated rings. The van der Waals surface area contributed by atoms with Gasteiger partial charge in [-0.2, -0.15) is 5.10 Å². The highest BCUT2D eigenvalue weighted by atomic mass is 16.5. The topological polar surface area (TPSA) is 106 Å². The lowest BCUT2D eigenvalue weighted by atomic mass is 9.38. The van der Waals surface area contributed by atoms with Crippen LogP contribution in [0.5, 0.6) is 0 Å². The Hall–Kier alpha value is -3.29. The Bertz CT molecular complexity index is 1570. The second-order valence-corrected chi connectivity index (χ2v) is 18.3. The summed E-state index contributed by atoms with van der Waals surface area (Å²) in [5, 5.41) is 3.88. The van der Waals surface area contributed by atoms with Crippen LogP contribution in [0.15, 0.2) is 51.6 Å². The Kier molecular flexibility index (Phi) is 10.5. The van der Waals surface area contributed by atoms with Gasteiger partial charge in [-0.25, -0.2) is 10.4 Å². The summed E-state index contributed by atoms with van der Waals surface area (Å²) in [5.74, 6) is 2.46. The van der Waals surface area contributed by atoms with Crippen molar-refractivity contribution in [3.05, 3.63) is 47.0 Å². The van der Waals surface area contributed by atoms with Crippen molar-refractivity contribution in [3.63, 3.8) is 0 Å². The number of esters is 1. The van der Waals surface area contributed by atoms with E-state index in [9.17, 15) is 14.4 Å². The van der Waals surface area contributed by atoms with E-state index < -0.39 is 5.41 Å². The van der Waals surface area contributed by atoms with Crippen LogP contribution in [0.3, 0.4) is 0 Å². The predicted molar refractivity (Wildman–Crippen MR) is 201 cm³/mol. The van der Waals surface area contributed by atoms with Crippen molar-refractivity contribution in [2.45, 2.75) is 125 Å². The summed E-state index contributed by atoms with van der Waals surface area (Å²) in [4.78, 5) is 43.0. The molecule has 0 saturated heterocycles. The van der Waals surface area contributed by atoms with Crippen molar-refractivity contribution in [1.82, 2.24) is 5.43 Å². The maximum absolute atomic E-state index is 13.9. The van der Waals surface area contributed by atoms with Crippen LogP contribution in [-0.2, 0) is 30.4 Å². The number of rotatable bonds is 10. The Morgan fingerprint density at radius 2 is 1.73 bits per heavy atom. The lowest BCUT2D eigenvalue weighted by Gasteiger charge is -2.67. The zero-order valence-corrected chi connectivity index (χ0v) is 32.1. The van der Waals surface area contributed by atoms with Crippen LogP contribution in [0.4, 0.5) is 0 Å². The Balaban J connectivity index is 1.22. The number of benzene rings is 1. The molecular formula is C43H61N3O5. The van der Waals surface area contributed by atoms with Crippen molar-refractivity contribution in [3.8, 4) is 0 Å². The first kappa shape index (κ1) is 37.5. The number of fused-ring (bicyclic) bond motifs is 7. The van der Waals surface area contributed by atoms with Gasteiger partial charge in [0.25, 0.3) is 0 Å². The van der Waals surface area contributed by atoms with Crippen LogP contribution in [0.25, 0.3) is 0 Å². The number of hydrogen-bond donors (Lipinski definition) is 1. The van der Waals surface area contributed by atoms with Gasteiger partial charge in [0.05, 0.1) is 13.0 Å². The molecule has 5 aliphatic rings. The van der Waals surface area contributed by atoms with E-state index in [4.69, 9.17) is 14.5 Å². The number of hydrazone groups is 1. The molecule has 8 nitrogen and oxygen atoms in total. The van der Waals surface area contributed by atoms with E-state index in [1.165, 1.54) is 5.57 Å². The summed E-state index contributed by atoms with van der Waals surface area (Å²) in [6, 6.07) is 10.4. The first-order chi connectivity index (χ1) is 24.2. The molecule has 1 aromatic rings. The predicted octanol–water partition coefficient (Wildman–Crippen LogP) is 8.49. The molecule has 0 amide bonds. The molecule has 0 heterocycles. The monoisotopic (exact) mass is 699 g/mol. The largest absolute Gasteiger partial charge is 0.463 e. The molecule has 4 saturated carbocycles. The molecule has 278 valence electrons. The van der Waals surface area contributed by atoms with E-state index in [1.807, 2.05) is 30.3 Å². The van der Waals surface area contributed by atoms with E-state index in [-0.39, 0.29) is 46.6 Å². The number of amidine groups is 1. The van der Waals surface area contributed by atoms with Crippen LogP contribution in [-0.4, -0.2) is 43.5 Å². The lowest BCUT2D eigenvalue weighted by Crippen LogP contribution is -2.60. The normalized spacial score (nSPS) is 36.4. The summed E-state index contributed by atoms with van der Waals surface area (Å²) in [5.41, 5.74) is 5.72. The Morgan fingerprint density at radius 3 is 2.41 bits per heavy atom. The fraction of sp³-hybridized carbons (Fsp3) is 0.698. The number of carbonyl (C=O) groups excluding carboxylic acids is 3. The molecule has 9 atom stereocenters. The maximum atomic E-state index is 13.9. The molecule has 0 bridgehead atoms. The molecule has 0 aromatic heterocycles. The van der Waals surface area contributed by atoms with Gasteiger partial charge < -0.3 is 14.3 Å². The van der Waals surface area contributed by atoms with Crippen LogP contribution in [0.2, 0.25) is 0 Å². The van der Waals surface area contributed by atoms with E-state index >= 15 is 0 Å². The maximum Gasteiger partial charge on any atom is 0.307 e. The molecule has 9 unspecified atom stereocenters.